The molecule has 1 unspecified atom stereocenters. The third-order valence-electron chi connectivity index (χ3n) is 3.24. The number of nitrogens with zero attached hydrogens (tertiary/aromatic N) is 1. The summed E-state index contributed by atoms with van der Waals surface area (Å²) in [5.41, 5.74) is 3.49. The van der Waals surface area contributed by atoms with Crippen LogP contribution in [-0.2, 0) is 0 Å². The number of benzene rings is 1. The van der Waals surface area contributed by atoms with Crippen molar-refractivity contribution in [2.75, 3.05) is 5.32 Å². The highest BCUT2D eigenvalue weighted by atomic mass is 79.9. The Morgan fingerprint density at radius 3 is 2.60 bits per heavy atom. The molecule has 2 aromatic rings. The van der Waals surface area contributed by atoms with Crippen molar-refractivity contribution in [3.05, 3.63) is 55.7 Å². The van der Waals surface area contributed by atoms with Gasteiger partial charge >= 0.3 is 0 Å². The highest BCUT2D eigenvalue weighted by Gasteiger charge is 2.14. The topological polar surface area (TPSA) is 57.8 Å². The number of halogens is 1. The molecule has 2 rings (SSSR count). The summed E-state index contributed by atoms with van der Waals surface area (Å²) in [6.07, 6.45) is 0. The molecular formula is C15H18BrN3O. The van der Waals surface area contributed by atoms with Crippen LogP contribution >= 0.6 is 15.9 Å². The first kappa shape index (κ1) is 14.8. The van der Waals surface area contributed by atoms with Gasteiger partial charge in [0.2, 0.25) is 0 Å². The Kier molecular flexibility index (Phi) is 4.28. The summed E-state index contributed by atoms with van der Waals surface area (Å²) in [4.78, 5) is 19.1. The maximum atomic E-state index is 12.1. The second kappa shape index (κ2) is 5.79. The highest BCUT2D eigenvalue weighted by molar-refractivity contribution is 9.10. The molecule has 0 aliphatic carbocycles. The monoisotopic (exact) mass is 335 g/mol. The molecule has 0 aliphatic heterocycles. The Morgan fingerprint density at radius 2 is 2.00 bits per heavy atom. The van der Waals surface area contributed by atoms with E-state index in [0.717, 1.165) is 21.4 Å². The van der Waals surface area contributed by atoms with Crippen LogP contribution in [0.15, 0.2) is 27.5 Å². The van der Waals surface area contributed by atoms with E-state index in [1.54, 1.807) is 6.92 Å². The summed E-state index contributed by atoms with van der Waals surface area (Å²) in [7, 11) is 0. The SMILES string of the molecule is Cc1nc(C)c(C(C)Nc2ccc(Br)c(C)c2)c(=O)[nH]1. The highest BCUT2D eigenvalue weighted by Crippen LogP contribution is 2.23. The Labute approximate surface area is 126 Å². The molecule has 1 aromatic carbocycles. The molecule has 106 valence electrons. The molecule has 0 radical (unpaired) electrons. The van der Waals surface area contributed by atoms with Crippen LogP contribution in [-0.4, -0.2) is 9.97 Å². The summed E-state index contributed by atoms with van der Waals surface area (Å²) < 4.78 is 1.07. The maximum absolute atomic E-state index is 12.1. The van der Waals surface area contributed by atoms with Crippen LogP contribution in [0.25, 0.3) is 0 Å². The van der Waals surface area contributed by atoms with Gasteiger partial charge in [-0.25, -0.2) is 4.98 Å². The van der Waals surface area contributed by atoms with Crippen molar-refractivity contribution in [1.82, 2.24) is 9.97 Å². The molecule has 1 aromatic heterocycles. The second-order valence-electron chi connectivity index (χ2n) is 4.98. The van der Waals surface area contributed by atoms with Gasteiger partial charge in [-0.3, -0.25) is 4.79 Å². The zero-order chi connectivity index (χ0) is 14.9. The lowest BCUT2D eigenvalue weighted by atomic mass is 10.1. The molecule has 4 nitrogen and oxygen atoms in total. The second-order valence-corrected chi connectivity index (χ2v) is 5.83. The van der Waals surface area contributed by atoms with Crippen molar-refractivity contribution in [2.45, 2.75) is 33.7 Å². The number of aromatic nitrogens is 2. The summed E-state index contributed by atoms with van der Waals surface area (Å²) in [5, 5.41) is 3.35. The van der Waals surface area contributed by atoms with Gasteiger partial charge in [0.05, 0.1) is 17.3 Å². The van der Waals surface area contributed by atoms with Crippen LogP contribution in [0.4, 0.5) is 5.69 Å². The molecule has 0 bridgehead atoms. The minimum absolute atomic E-state index is 0.0798. The predicted octanol–water partition coefficient (Wildman–Crippen LogP) is 3.63. The Bertz CT molecular complexity index is 694. The van der Waals surface area contributed by atoms with E-state index in [0.29, 0.717) is 11.4 Å². The largest absolute Gasteiger partial charge is 0.378 e. The van der Waals surface area contributed by atoms with Crippen molar-refractivity contribution in [1.29, 1.82) is 0 Å². The van der Waals surface area contributed by atoms with Crippen LogP contribution in [0.3, 0.4) is 0 Å². The molecule has 1 atom stereocenters. The lowest BCUT2D eigenvalue weighted by molar-refractivity contribution is 0.814. The van der Waals surface area contributed by atoms with Crippen LogP contribution in [0.2, 0.25) is 0 Å². The number of H-pyrrole nitrogens is 1. The third-order valence-corrected chi connectivity index (χ3v) is 4.13. The quantitative estimate of drug-likeness (QED) is 0.900. The van der Waals surface area contributed by atoms with Crippen molar-refractivity contribution in [3.8, 4) is 0 Å². The van der Waals surface area contributed by atoms with Gasteiger partial charge in [-0.2, -0.15) is 0 Å². The van der Waals surface area contributed by atoms with Crippen molar-refractivity contribution < 1.29 is 0 Å². The van der Waals surface area contributed by atoms with Crippen molar-refractivity contribution in [3.63, 3.8) is 0 Å². The van der Waals surface area contributed by atoms with Gasteiger partial charge in [-0.1, -0.05) is 15.9 Å². The van der Waals surface area contributed by atoms with Crippen molar-refractivity contribution >= 4 is 21.6 Å². The molecule has 0 aliphatic rings. The standard InChI is InChI=1S/C15H18BrN3O/c1-8-7-12(5-6-13(8)16)18-10(3)14-9(2)17-11(4)19-15(14)20/h5-7,10,18H,1-4H3,(H,17,19,20). The average Bonchev–Trinajstić information content (AvgIpc) is 2.32. The first-order chi connectivity index (χ1) is 9.38. The van der Waals surface area contributed by atoms with E-state index in [1.165, 1.54) is 0 Å². The number of hydrogen-bond acceptors (Lipinski definition) is 3. The fraction of sp³-hybridized carbons (Fsp3) is 0.333. The Morgan fingerprint density at radius 1 is 1.30 bits per heavy atom. The van der Waals surface area contributed by atoms with E-state index in [4.69, 9.17) is 0 Å². The van der Waals surface area contributed by atoms with E-state index in [1.807, 2.05) is 39.0 Å². The summed E-state index contributed by atoms with van der Waals surface area (Å²) >= 11 is 3.48. The fourth-order valence-electron chi connectivity index (χ4n) is 2.30. The number of anilines is 1. The van der Waals surface area contributed by atoms with Gasteiger partial charge in [0.15, 0.2) is 0 Å². The zero-order valence-electron chi connectivity index (χ0n) is 12.0. The lowest BCUT2D eigenvalue weighted by Crippen LogP contribution is -2.23. The average molecular weight is 336 g/mol. The molecule has 0 amide bonds. The normalized spacial score (nSPS) is 12.2. The summed E-state index contributed by atoms with van der Waals surface area (Å²) in [6.45, 7) is 7.65. The fourth-order valence-corrected chi connectivity index (χ4v) is 2.55. The minimum atomic E-state index is -0.104. The number of nitrogens with one attached hydrogen (secondary N) is 2. The maximum Gasteiger partial charge on any atom is 0.256 e. The zero-order valence-corrected chi connectivity index (χ0v) is 13.6. The van der Waals surface area contributed by atoms with Crippen LogP contribution in [0, 0.1) is 20.8 Å². The Balaban J connectivity index is 2.30. The van der Waals surface area contributed by atoms with E-state index in [-0.39, 0.29) is 11.6 Å². The number of rotatable bonds is 3. The predicted molar refractivity (Wildman–Crippen MR) is 85.2 cm³/mol. The summed E-state index contributed by atoms with van der Waals surface area (Å²) in [5.74, 6) is 0.642. The molecular weight excluding hydrogens is 318 g/mol. The first-order valence-corrected chi connectivity index (χ1v) is 7.28. The molecule has 0 saturated carbocycles. The van der Waals surface area contributed by atoms with E-state index in [9.17, 15) is 4.79 Å². The van der Waals surface area contributed by atoms with Gasteiger partial charge in [0.25, 0.3) is 5.56 Å². The molecule has 2 N–H and O–H groups in total. The molecule has 20 heavy (non-hydrogen) atoms. The van der Waals surface area contributed by atoms with E-state index >= 15 is 0 Å². The van der Waals surface area contributed by atoms with E-state index in [2.05, 4.69) is 31.2 Å². The number of aromatic amines is 1. The third kappa shape index (κ3) is 3.10. The van der Waals surface area contributed by atoms with Gasteiger partial charge in [-0.15, -0.1) is 0 Å². The minimum Gasteiger partial charge on any atom is -0.378 e. The lowest BCUT2D eigenvalue weighted by Gasteiger charge is -2.17. The summed E-state index contributed by atoms with van der Waals surface area (Å²) in [6, 6.07) is 5.92. The molecule has 0 fully saturated rings. The molecule has 0 saturated heterocycles. The van der Waals surface area contributed by atoms with Crippen LogP contribution in [0.1, 0.15) is 35.6 Å². The van der Waals surface area contributed by atoms with Gasteiger partial charge in [0.1, 0.15) is 5.82 Å². The van der Waals surface area contributed by atoms with Crippen molar-refractivity contribution in [2.24, 2.45) is 0 Å². The Hall–Kier alpha value is -1.62. The van der Waals surface area contributed by atoms with Gasteiger partial charge < -0.3 is 10.3 Å². The smallest absolute Gasteiger partial charge is 0.256 e. The van der Waals surface area contributed by atoms with Gasteiger partial charge in [-0.05, 0) is 51.5 Å². The molecule has 1 heterocycles. The van der Waals surface area contributed by atoms with Gasteiger partial charge in [0, 0.05) is 10.2 Å². The van der Waals surface area contributed by atoms with Crippen LogP contribution < -0.4 is 10.9 Å². The molecule has 0 spiro atoms. The number of aryl methyl sites for hydroxylation is 3. The van der Waals surface area contributed by atoms with Crippen LogP contribution in [0.5, 0.6) is 0 Å². The first-order valence-electron chi connectivity index (χ1n) is 6.48. The number of hydrogen-bond donors (Lipinski definition) is 2. The molecule has 5 heteroatoms. The van der Waals surface area contributed by atoms with E-state index < -0.39 is 0 Å².